The van der Waals surface area contributed by atoms with Crippen LogP contribution in [-0.2, 0) is 0 Å². The van der Waals surface area contributed by atoms with Gasteiger partial charge in [0.15, 0.2) is 6.29 Å². The Morgan fingerprint density at radius 3 is 2.75 bits per heavy atom. The molecule has 0 saturated carbocycles. The second-order valence-electron chi connectivity index (χ2n) is 4.38. The van der Waals surface area contributed by atoms with Crippen molar-refractivity contribution in [1.82, 2.24) is 0 Å². The van der Waals surface area contributed by atoms with E-state index in [1.54, 1.807) is 6.07 Å². The third-order valence-corrected chi connectivity index (χ3v) is 3.28. The molecule has 2 N–H and O–H groups in total. The minimum Gasteiger partial charge on any atom is -0.463 e. The predicted octanol–water partition coefficient (Wildman–Crippen LogP) is 1.63. The Hall–Kier alpha value is -1.69. The number of hydrogen-bond donors (Lipinski definition) is 2. The van der Waals surface area contributed by atoms with Gasteiger partial charge in [-0.3, -0.25) is 9.59 Å². The second kappa shape index (κ2) is 6.17. The Morgan fingerprint density at radius 1 is 1.35 bits per heavy atom. The van der Waals surface area contributed by atoms with E-state index in [1.165, 1.54) is 12.1 Å². The summed E-state index contributed by atoms with van der Waals surface area (Å²) in [6.07, 6.45) is -0.444. The van der Waals surface area contributed by atoms with Crippen LogP contribution in [0.15, 0.2) is 33.7 Å². The van der Waals surface area contributed by atoms with Gasteiger partial charge in [-0.1, -0.05) is 6.07 Å². The van der Waals surface area contributed by atoms with E-state index in [4.69, 9.17) is 16.0 Å². The molecule has 6 heteroatoms. The van der Waals surface area contributed by atoms with Crippen molar-refractivity contribution >= 4 is 28.9 Å². The number of carbonyl (C=O) groups is 1. The molecule has 1 aromatic carbocycles. The summed E-state index contributed by atoms with van der Waals surface area (Å²) in [6.45, 7) is 0. The first-order valence-corrected chi connectivity index (χ1v) is 6.54. The van der Waals surface area contributed by atoms with Gasteiger partial charge >= 0.3 is 0 Å². The SMILES string of the molecule is O=Cc1coc2ccc(C(O)C(O)CCCl)cc2c1=O. The lowest BCUT2D eigenvalue weighted by molar-refractivity contribution is 0.0170. The van der Waals surface area contributed by atoms with Crippen molar-refractivity contribution < 1.29 is 19.4 Å². The van der Waals surface area contributed by atoms with Gasteiger partial charge in [0.25, 0.3) is 0 Å². The number of fused-ring (bicyclic) bond motifs is 1. The van der Waals surface area contributed by atoms with E-state index in [2.05, 4.69) is 0 Å². The molecule has 0 aliphatic carbocycles. The number of carbonyl (C=O) groups excluding carboxylic acids is 1. The van der Waals surface area contributed by atoms with E-state index in [9.17, 15) is 19.8 Å². The highest BCUT2D eigenvalue weighted by Crippen LogP contribution is 2.22. The number of halogens is 1. The summed E-state index contributed by atoms with van der Waals surface area (Å²) < 4.78 is 5.16. The van der Waals surface area contributed by atoms with Gasteiger partial charge in [0.1, 0.15) is 18.0 Å². The van der Waals surface area contributed by atoms with Crippen molar-refractivity contribution in [1.29, 1.82) is 0 Å². The molecule has 1 aromatic heterocycles. The van der Waals surface area contributed by atoms with E-state index < -0.39 is 17.6 Å². The molecule has 1 heterocycles. The van der Waals surface area contributed by atoms with Gasteiger partial charge < -0.3 is 14.6 Å². The third kappa shape index (κ3) is 2.75. The molecule has 2 rings (SSSR count). The smallest absolute Gasteiger partial charge is 0.203 e. The number of alkyl halides is 1. The number of aliphatic hydroxyl groups is 2. The molecule has 0 aliphatic rings. The van der Waals surface area contributed by atoms with E-state index >= 15 is 0 Å². The summed E-state index contributed by atoms with van der Waals surface area (Å²) in [6, 6.07) is 4.47. The largest absolute Gasteiger partial charge is 0.463 e. The van der Waals surface area contributed by atoms with Gasteiger partial charge in [0, 0.05) is 5.88 Å². The highest BCUT2D eigenvalue weighted by Gasteiger charge is 2.19. The van der Waals surface area contributed by atoms with Crippen LogP contribution < -0.4 is 5.43 Å². The predicted molar refractivity (Wildman–Crippen MR) is 74.2 cm³/mol. The first-order chi connectivity index (χ1) is 9.58. The van der Waals surface area contributed by atoms with Gasteiger partial charge in [-0.15, -0.1) is 11.6 Å². The molecule has 0 saturated heterocycles. The van der Waals surface area contributed by atoms with E-state index in [0.29, 0.717) is 17.4 Å². The lowest BCUT2D eigenvalue weighted by atomic mass is 10.0. The summed E-state index contributed by atoms with van der Waals surface area (Å²) in [5.41, 5.74) is 0.112. The quantitative estimate of drug-likeness (QED) is 0.647. The van der Waals surface area contributed by atoms with Gasteiger partial charge in [-0.25, -0.2) is 0 Å². The van der Waals surface area contributed by atoms with Crippen molar-refractivity contribution in [2.45, 2.75) is 18.6 Å². The first-order valence-electron chi connectivity index (χ1n) is 6.01. The molecule has 0 aliphatic heterocycles. The van der Waals surface area contributed by atoms with Crippen LogP contribution in [-0.4, -0.2) is 28.5 Å². The van der Waals surface area contributed by atoms with Crippen LogP contribution in [0.5, 0.6) is 0 Å². The fraction of sp³-hybridized carbons (Fsp3) is 0.286. The van der Waals surface area contributed by atoms with E-state index in [1.807, 2.05) is 0 Å². The van der Waals surface area contributed by atoms with Crippen LogP contribution in [0.2, 0.25) is 0 Å². The maximum absolute atomic E-state index is 12.0. The molecule has 2 aromatic rings. The summed E-state index contributed by atoms with van der Waals surface area (Å²) >= 11 is 5.51. The summed E-state index contributed by atoms with van der Waals surface area (Å²) in [5.74, 6) is 0.212. The minimum atomic E-state index is -1.16. The molecule has 2 unspecified atom stereocenters. The van der Waals surface area contributed by atoms with Crippen molar-refractivity contribution in [3.63, 3.8) is 0 Å². The Labute approximate surface area is 119 Å². The van der Waals surface area contributed by atoms with Crippen LogP contribution in [0, 0.1) is 0 Å². The van der Waals surface area contributed by atoms with Crippen LogP contribution in [0.4, 0.5) is 0 Å². The van der Waals surface area contributed by atoms with Crippen LogP contribution in [0.3, 0.4) is 0 Å². The summed E-state index contributed by atoms with van der Waals surface area (Å²) in [5, 5.41) is 19.9. The number of benzene rings is 1. The molecule has 0 fully saturated rings. The molecular weight excluding hydrogens is 284 g/mol. The second-order valence-corrected chi connectivity index (χ2v) is 4.76. The molecule has 2 atom stereocenters. The Balaban J connectivity index is 2.49. The fourth-order valence-corrected chi connectivity index (χ4v) is 2.14. The van der Waals surface area contributed by atoms with Gasteiger partial charge in [0.2, 0.25) is 5.43 Å². The maximum atomic E-state index is 12.0. The maximum Gasteiger partial charge on any atom is 0.203 e. The van der Waals surface area contributed by atoms with Crippen LogP contribution in [0.25, 0.3) is 11.0 Å². The number of aldehydes is 1. The van der Waals surface area contributed by atoms with Gasteiger partial charge in [0.05, 0.1) is 17.1 Å². The van der Waals surface area contributed by atoms with Crippen molar-refractivity contribution in [2.24, 2.45) is 0 Å². The highest BCUT2D eigenvalue weighted by molar-refractivity contribution is 6.17. The van der Waals surface area contributed by atoms with Crippen molar-refractivity contribution in [2.75, 3.05) is 5.88 Å². The van der Waals surface area contributed by atoms with Crippen LogP contribution >= 0.6 is 11.6 Å². The Bertz CT molecular complexity index is 679. The normalized spacial score (nSPS) is 14.2. The topological polar surface area (TPSA) is 87.7 Å². The molecule has 106 valence electrons. The zero-order chi connectivity index (χ0) is 14.7. The van der Waals surface area contributed by atoms with E-state index in [0.717, 1.165) is 6.26 Å². The summed E-state index contributed by atoms with van der Waals surface area (Å²) in [7, 11) is 0. The lowest BCUT2D eigenvalue weighted by Gasteiger charge is -2.17. The zero-order valence-corrected chi connectivity index (χ0v) is 11.2. The summed E-state index contributed by atoms with van der Waals surface area (Å²) in [4.78, 5) is 22.7. The first kappa shape index (κ1) is 14.7. The monoisotopic (exact) mass is 296 g/mol. The Morgan fingerprint density at radius 2 is 2.10 bits per heavy atom. The molecule has 0 radical (unpaired) electrons. The third-order valence-electron chi connectivity index (χ3n) is 3.06. The molecule has 0 amide bonds. The average Bonchev–Trinajstić information content (AvgIpc) is 2.47. The van der Waals surface area contributed by atoms with Crippen molar-refractivity contribution in [3.8, 4) is 0 Å². The fourth-order valence-electron chi connectivity index (χ4n) is 1.92. The van der Waals surface area contributed by atoms with Crippen molar-refractivity contribution in [3.05, 3.63) is 45.8 Å². The zero-order valence-electron chi connectivity index (χ0n) is 10.5. The average molecular weight is 297 g/mol. The molecule has 5 nitrogen and oxygen atoms in total. The lowest BCUT2D eigenvalue weighted by Crippen LogP contribution is -2.19. The Kier molecular flexibility index (Phi) is 4.54. The van der Waals surface area contributed by atoms with Crippen LogP contribution in [0.1, 0.15) is 28.4 Å². The standard InChI is InChI=1S/C14H13ClO5/c15-4-3-11(17)14(19)8-1-2-12-10(5-8)13(18)9(6-16)7-20-12/h1-2,5-7,11,14,17,19H,3-4H2. The van der Waals surface area contributed by atoms with Gasteiger partial charge in [-0.05, 0) is 24.1 Å². The van der Waals surface area contributed by atoms with Gasteiger partial charge in [-0.2, -0.15) is 0 Å². The molecule has 0 bridgehead atoms. The number of rotatable bonds is 5. The number of hydrogen-bond acceptors (Lipinski definition) is 5. The molecular formula is C14H13ClO5. The molecule has 20 heavy (non-hydrogen) atoms. The highest BCUT2D eigenvalue weighted by atomic mass is 35.5. The minimum absolute atomic E-state index is 0.0922. The van der Waals surface area contributed by atoms with E-state index in [-0.39, 0.29) is 23.3 Å². The number of aliphatic hydroxyl groups excluding tert-OH is 2. The molecule has 0 spiro atoms.